The zero-order valence-corrected chi connectivity index (χ0v) is 17.2. The van der Waals surface area contributed by atoms with Gasteiger partial charge in [0.2, 0.25) is 11.9 Å². The van der Waals surface area contributed by atoms with Gasteiger partial charge in [0.25, 0.3) is 0 Å². The molecule has 3 rings (SSSR count). The highest BCUT2D eigenvalue weighted by molar-refractivity contribution is 14.0. The third kappa shape index (κ3) is 6.31. The fraction of sp³-hybridized carbons (Fsp3) is 0.353. The molecule has 0 spiro atoms. The van der Waals surface area contributed by atoms with Crippen LogP contribution in [0.4, 0.5) is 11.8 Å². The van der Waals surface area contributed by atoms with Gasteiger partial charge in [-0.3, -0.25) is 9.79 Å². The topological polar surface area (TPSA) is 113 Å². The Kier molecular flexibility index (Phi) is 8.17. The molecule has 1 saturated heterocycles. The molecule has 9 nitrogen and oxygen atoms in total. The highest BCUT2D eigenvalue weighted by atomic mass is 127. The van der Waals surface area contributed by atoms with E-state index in [4.69, 9.17) is 5.73 Å². The van der Waals surface area contributed by atoms with E-state index in [1.54, 1.807) is 30.7 Å². The average molecular weight is 482 g/mol. The monoisotopic (exact) mass is 482 g/mol. The van der Waals surface area contributed by atoms with Crippen LogP contribution in [0, 0.1) is 0 Å². The SMILES string of the molecule is I.NC(=NCCC(=O)N1CCN(c2ncccn2)CC1)Nc1ccccn1. The Morgan fingerprint density at radius 3 is 2.44 bits per heavy atom. The van der Waals surface area contributed by atoms with Gasteiger partial charge in [-0.25, -0.2) is 15.0 Å². The molecule has 3 heterocycles. The van der Waals surface area contributed by atoms with Crippen LogP contribution in [-0.4, -0.2) is 64.4 Å². The predicted molar refractivity (Wildman–Crippen MR) is 115 cm³/mol. The van der Waals surface area contributed by atoms with Crippen LogP contribution in [0.3, 0.4) is 0 Å². The molecule has 0 aromatic carbocycles. The van der Waals surface area contributed by atoms with Crippen LogP contribution in [0.15, 0.2) is 47.8 Å². The van der Waals surface area contributed by atoms with Crippen molar-refractivity contribution in [3.8, 4) is 0 Å². The Balaban J connectivity index is 0.00000261. The normalized spacial score (nSPS) is 14.4. The number of hydrogen-bond donors (Lipinski definition) is 2. The van der Waals surface area contributed by atoms with E-state index in [1.165, 1.54) is 0 Å². The minimum Gasteiger partial charge on any atom is -0.370 e. The number of halogens is 1. The number of carbonyl (C=O) groups excluding carboxylic acids is 1. The van der Waals surface area contributed by atoms with Crippen molar-refractivity contribution in [1.82, 2.24) is 19.9 Å². The van der Waals surface area contributed by atoms with Crippen molar-refractivity contribution in [3.63, 3.8) is 0 Å². The molecule has 1 fully saturated rings. The number of pyridine rings is 1. The van der Waals surface area contributed by atoms with Crippen LogP contribution in [-0.2, 0) is 4.79 Å². The van der Waals surface area contributed by atoms with Gasteiger partial charge < -0.3 is 20.9 Å². The second kappa shape index (κ2) is 10.6. The molecule has 0 atom stereocenters. The summed E-state index contributed by atoms with van der Waals surface area (Å²) in [6, 6.07) is 7.26. The summed E-state index contributed by atoms with van der Waals surface area (Å²) in [6.07, 6.45) is 5.44. The molecule has 1 aliphatic heterocycles. The average Bonchev–Trinajstić information content (AvgIpc) is 2.69. The number of carbonyl (C=O) groups is 1. The zero-order chi connectivity index (χ0) is 18.2. The molecule has 27 heavy (non-hydrogen) atoms. The van der Waals surface area contributed by atoms with Gasteiger partial charge in [-0.15, -0.1) is 24.0 Å². The van der Waals surface area contributed by atoms with E-state index >= 15 is 0 Å². The molecule has 0 unspecified atom stereocenters. The molecule has 0 saturated carbocycles. The summed E-state index contributed by atoms with van der Waals surface area (Å²) in [5, 5.41) is 2.89. The lowest BCUT2D eigenvalue weighted by molar-refractivity contribution is -0.131. The fourth-order valence-electron chi connectivity index (χ4n) is 2.65. The summed E-state index contributed by atoms with van der Waals surface area (Å²) in [5.41, 5.74) is 5.81. The van der Waals surface area contributed by atoms with E-state index in [0.29, 0.717) is 37.8 Å². The largest absolute Gasteiger partial charge is 0.370 e. The molecule has 2 aromatic rings. The van der Waals surface area contributed by atoms with E-state index in [0.717, 1.165) is 13.1 Å². The van der Waals surface area contributed by atoms with Gasteiger partial charge in [0, 0.05) is 51.2 Å². The number of rotatable bonds is 5. The molecular formula is C17H23IN8O. The third-order valence-corrected chi connectivity index (χ3v) is 4.00. The summed E-state index contributed by atoms with van der Waals surface area (Å²) >= 11 is 0. The highest BCUT2D eigenvalue weighted by Crippen LogP contribution is 2.10. The van der Waals surface area contributed by atoms with Gasteiger partial charge in [-0.05, 0) is 18.2 Å². The van der Waals surface area contributed by atoms with Gasteiger partial charge in [-0.1, -0.05) is 6.07 Å². The minimum absolute atomic E-state index is 0. The Morgan fingerprint density at radius 2 is 1.78 bits per heavy atom. The Morgan fingerprint density at radius 1 is 1.07 bits per heavy atom. The number of aliphatic imine (C=N–C) groups is 1. The second-order valence-corrected chi connectivity index (χ2v) is 5.77. The lowest BCUT2D eigenvalue weighted by Crippen LogP contribution is -2.49. The first-order valence-corrected chi connectivity index (χ1v) is 8.50. The molecular weight excluding hydrogens is 459 g/mol. The first-order chi connectivity index (χ1) is 12.7. The van der Waals surface area contributed by atoms with Crippen molar-refractivity contribution >= 4 is 47.6 Å². The fourth-order valence-corrected chi connectivity index (χ4v) is 2.65. The maximum Gasteiger partial charge on any atom is 0.225 e. The number of nitrogens with zero attached hydrogens (tertiary/aromatic N) is 6. The number of anilines is 2. The summed E-state index contributed by atoms with van der Waals surface area (Å²) in [7, 11) is 0. The summed E-state index contributed by atoms with van der Waals surface area (Å²) < 4.78 is 0. The van der Waals surface area contributed by atoms with Crippen LogP contribution in [0.5, 0.6) is 0 Å². The summed E-state index contributed by atoms with van der Waals surface area (Å²) in [6.45, 7) is 3.10. The second-order valence-electron chi connectivity index (χ2n) is 5.77. The van der Waals surface area contributed by atoms with Crippen molar-refractivity contribution < 1.29 is 4.79 Å². The number of nitrogens with two attached hydrogens (primary N) is 1. The van der Waals surface area contributed by atoms with Crippen molar-refractivity contribution in [1.29, 1.82) is 0 Å². The van der Waals surface area contributed by atoms with Crippen LogP contribution in [0.25, 0.3) is 0 Å². The maximum atomic E-state index is 12.3. The minimum atomic E-state index is 0. The number of piperazine rings is 1. The number of amides is 1. The van der Waals surface area contributed by atoms with Gasteiger partial charge >= 0.3 is 0 Å². The van der Waals surface area contributed by atoms with Crippen molar-refractivity contribution in [3.05, 3.63) is 42.9 Å². The van der Waals surface area contributed by atoms with Crippen LogP contribution in [0.2, 0.25) is 0 Å². The van der Waals surface area contributed by atoms with E-state index in [1.807, 2.05) is 17.0 Å². The van der Waals surface area contributed by atoms with Gasteiger partial charge in [0.1, 0.15) is 5.82 Å². The van der Waals surface area contributed by atoms with Crippen LogP contribution in [0.1, 0.15) is 6.42 Å². The van der Waals surface area contributed by atoms with Crippen LogP contribution >= 0.6 is 24.0 Å². The van der Waals surface area contributed by atoms with E-state index < -0.39 is 0 Å². The zero-order valence-electron chi connectivity index (χ0n) is 14.9. The lowest BCUT2D eigenvalue weighted by atomic mass is 10.3. The molecule has 1 aliphatic rings. The Hall–Kier alpha value is -2.50. The number of guanidine groups is 1. The third-order valence-electron chi connectivity index (χ3n) is 4.00. The van der Waals surface area contributed by atoms with Crippen molar-refractivity contribution in [2.45, 2.75) is 6.42 Å². The smallest absolute Gasteiger partial charge is 0.225 e. The van der Waals surface area contributed by atoms with Gasteiger partial charge in [0.05, 0.1) is 6.54 Å². The molecule has 3 N–H and O–H groups in total. The standard InChI is InChI=1S/C17H22N8O.HI/c18-16(23-14-4-1-2-6-19-14)20-9-5-15(26)24-10-12-25(13-11-24)17-21-7-3-8-22-17;/h1-4,6-8H,5,9-13H2,(H3,18,19,20,23);1H. The van der Waals surface area contributed by atoms with Crippen LogP contribution < -0.4 is 16.0 Å². The van der Waals surface area contributed by atoms with Gasteiger partial charge in [-0.2, -0.15) is 0 Å². The van der Waals surface area contributed by atoms with E-state index in [9.17, 15) is 4.79 Å². The summed E-state index contributed by atoms with van der Waals surface area (Å²) in [5.74, 6) is 1.66. The Bertz CT molecular complexity index is 735. The molecule has 0 aliphatic carbocycles. The lowest BCUT2D eigenvalue weighted by Gasteiger charge is -2.34. The molecule has 10 heteroatoms. The number of hydrogen-bond acceptors (Lipinski definition) is 6. The molecule has 0 radical (unpaired) electrons. The molecule has 0 bridgehead atoms. The molecule has 2 aromatic heterocycles. The Labute approximate surface area is 175 Å². The first kappa shape index (κ1) is 20.8. The number of aromatic nitrogens is 3. The first-order valence-electron chi connectivity index (χ1n) is 8.50. The molecule has 1 amide bonds. The quantitative estimate of drug-likeness (QED) is 0.371. The number of nitrogens with one attached hydrogen (secondary N) is 1. The summed E-state index contributed by atoms with van der Waals surface area (Å²) in [4.78, 5) is 33.0. The van der Waals surface area contributed by atoms with Crippen molar-refractivity contribution in [2.24, 2.45) is 10.7 Å². The highest BCUT2D eigenvalue weighted by Gasteiger charge is 2.21. The maximum absolute atomic E-state index is 12.3. The van der Waals surface area contributed by atoms with E-state index in [-0.39, 0.29) is 35.8 Å². The van der Waals surface area contributed by atoms with E-state index in [2.05, 4.69) is 30.2 Å². The predicted octanol–water partition coefficient (Wildman–Crippen LogP) is 0.955. The van der Waals surface area contributed by atoms with Crippen molar-refractivity contribution in [2.75, 3.05) is 42.9 Å². The molecule has 144 valence electrons. The van der Waals surface area contributed by atoms with Gasteiger partial charge in [0.15, 0.2) is 5.96 Å².